The Balaban J connectivity index is 1.70. The number of carbonyl (C=O) groups excluding carboxylic acids is 1. The number of benzene rings is 1. The molecule has 0 spiro atoms. The molecular formula is C19H26FNO2. The summed E-state index contributed by atoms with van der Waals surface area (Å²) in [6.07, 6.45) is 4.12. The second-order valence-corrected chi connectivity index (χ2v) is 7.97. The first-order valence-electron chi connectivity index (χ1n) is 8.56. The molecule has 2 heterocycles. The Hall–Kier alpha value is -1.58. The van der Waals surface area contributed by atoms with E-state index >= 15 is 0 Å². The third-order valence-electron chi connectivity index (χ3n) is 4.95. The highest BCUT2D eigenvalue weighted by Gasteiger charge is 2.43. The highest BCUT2D eigenvalue weighted by Crippen LogP contribution is 2.41. The highest BCUT2D eigenvalue weighted by atomic mass is 19.1. The number of ether oxygens (including phenoxy) is 1. The molecule has 1 aromatic carbocycles. The molecular weight excluding hydrogens is 293 g/mol. The molecule has 1 aromatic rings. The standard InChI is InChI=1S/C19H26FNO2/c1-19(2,3)23-18(22)21-12-14-6-9-17(21)15(11-14)10-13-4-7-16(20)8-5-13/h4-5,7-8,14-15,17H,6,9-12H2,1-3H3/t14-,15+,17+/m1/s1. The predicted octanol–water partition coefficient (Wildman–Crippen LogP) is 4.40. The van der Waals surface area contributed by atoms with Crippen molar-refractivity contribution in [1.82, 2.24) is 4.90 Å². The quantitative estimate of drug-likeness (QED) is 0.808. The van der Waals surface area contributed by atoms with Crippen molar-refractivity contribution in [3.05, 3.63) is 35.6 Å². The molecule has 1 saturated carbocycles. The van der Waals surface area contributed by atoms with E-state index in [0.29, 0.717) is 11.8 Å². The molecule has 2 saturated heterocycles. The summed E-state index contributed by atoms with van der Waals surface area (Å²) in [7, 11) is 0. The van der Waals surface area contributed by atoms with E-state index in [2.05, 4.69) is 0 Å². The van der Waals surface area contributed by atoms with E-state index in [0.717, 1.165) is 31.4 Å². The second kappa shape index (κ2) is 6.14. The van der Waals surface area contributed by atoms with Crippen LogP contribution in [0.2, 0.25) is 0 Å². The first-order valence-corrected chi connectivity index (χ1v) is 8.56. The lowest BCUT2D eigenvalue weighted by atomic mass is 9.71. The monoisotopic (exact) mass is 319 g/mol. The highest BCUT2D eigenvalue weighted by molar-refractivity contribution is 5.69. The molecule has 0 unspecified atom stereocenters. The summed E-state index contributed by atoms with van der Waals surface area (Å²) in [5, 5.41) is 0. The molecule has 2 bridgehead atoms. The zero-order valence-electron chi connectivity index (χ0n) is 14.2. The molecule has 4 rings (SSSR count). The number of amides is 1. The van der Waals surface area contributed by atoms with E-state index in [1.165, 1.54) is 18.6 Å². The summed E-state index contributed by atoms with van der Waals surface area (Å²) in [6.45, 7) is 6.54. The molecule has 0 radical (unpaired) electrons. The molecule has 3 aliphatic rings. The average Bonchev–Trinajstić information content (AvgIpc) is 2.48. The summed E-state index contributed by atoms with van der Waals surface area (Å²) in [5.74, 6) is 0.813. The van der Waals surface area contributed by atoms with Crippen molar-refractivity contribution >= 4 is 6.09 Å². The molecule has 0 aromatic heterocycles. The largest absolute Gasteiger partial charge is 0.444 e. The molecule has 4 heteroatoms. The lowest BCUT2D eigenvalue weighted by Gasteiger charge is -2.50. The second-order valence-electron chi connectivity index (χ2n) is 7.97. The van der Waals surface area contributed by atoms with Crippen LogP contribution in [0.25, 0.3) is 0 Å². The van der Waals surface area contributed by atoms with E-state index in [-0.39, 0.29) is 18.0 Å². The minimum Gasteiger partial charge on any atom is -0.444 e. The number of hydrogen-bond donors (Lipinski definition) is 0. The van der Waals surface area contributed by atoms with Crippen LogP contribution in [0.3, 0.4) is 0 Å². The van der Waals surface area contributed by atoms with Gasteiger partial charge >= 0.3 is 6.09 Å². The number of halogens is 1. The first kappa shape index (κ1) is 16.3. The third-order valence-corrected chi connectivity index (χ3v) is 4.95. The molecule has 126 valence electrons. The van der Waals surface area contributed by atoms with Gasteiger partial charge in [0.2, 0.25) is 0 Å². The summed E-state index contributed by atoms with van der Waals surface area (Å²) in [5.41, 5.74) is 0.688. The van der Waals surface area contributed by atoms with E-state index in [9.17, 15) is 9.18 Å². The first-order chi connectivity index (χ1) is 10.8. The molecule has 3 nitrogen and oxygen atoms in total. The summed E-state index contributed by atoms with van der Waals surface area (Å²) in [4.78, 5) is 14.4. The number of hydrogen-bond acceptors (Lipinski definition) is 2. The normalized spacial score (nSPS) is 27.1. The minimum atomic E-state index is -0.458. The van der Waals surface area contributed by atoms with Crippen molar-refractivity contribution < 1.29 is 13.9 Å². The molecule has 1 aliphatic carbocycles. The maximum absolute atomic E-state index is 13.1. The van der Waals surface area contributed by atoms with E-state index in [1.807, 2.05) is 37.8 Å². The van der Waals surface area contributed by atoms with Gasteiger partial charge in [-0.3, -0.25) is 0 Å². The Morgan fingerprint density at radius 1 is 1.26 bits per heavy atom. The number of piperidine rings is 2. The van der Waals surface area contributed by atoms with Gasteiger partial charge in [-0.15, -0.1) is 0 Å². The zero-order chi connectivity index (χ0) is 16.6. The molecule has 3 fully saturated rings. The fourth-order valence-corrected chi connectivity index (χ4v) is 4.01. The van der Waals surface area contributed by atoms with Gasteiger partial charge in [-0.25, -0.2) is 9.18 Å². The summed E-state index contributed by atoms with van der Waals surface area (Å²) in [6, 6.07) is 6.99. The maximum atomic E-state index is 13.1. The van der Waals surface area contributed by atoms with Crippen molar-refractivity contribution in [2.45, 2.75) is 58.1 Å². The van der Waals surface area contributed by atoms with Gasteiger partial charge in [0.25, 0.3) is 0 Å². The SMILES string of the molecule is CC(C)(C)OC(=O)N1C[C@@H]2CC[C@H]1[C@@H](Cc1ccc(F)cc1)C2. The smallest absolute Gasteiger partial charge is 0.410 e. The van der Waals surface area contributed by atoms with Crippen LogP contribution in [0.5, 0.6) is 0 Å². The van der Waals surface area contributed by atoms with Crippen LogP contribution in [0, 0.1) is 17.7 Å². The van der Waals surface area contributed by atoms with Crippen LogP contribution < -0.4 is 0 Å². The van der Waals surface area contributed by atoms with Crippen molar-refractivity contribution in [2.75, 3.05) is 6.54 Å². The van der Waals surface area contributed by atoms with Gasteiger partial charge in [0.15, 0.2) is 0 Å². The van der Waals surface area contributed by atoms with Crippen molar-refractivity contribution in [2.24, 2.45) is 11.8 Å². The van der Waals surface area contributed by atoms with Gasteiger partial charge in [-0.1, -0.05) is 12.1 Å². The molecule has 0 N–H and O–H groups in total. The fourth-order valence-electron chi connectivity index (χ4n) is 4.01. The Morgan fingerprint density at radius 3 is 2.57 bits per heavy atom. The Morgan fingerprint density at radius 2 is 1.96 bits per heavy atom. The van der Waals surface area contributed by atoms with E-state index in [4.69, 9.17) is 4.74 Å². The van der Waals surface area contributed by atoms with E-state index in [1.54, 1.807) is 0 Å². The van der Waals surface area contributed by atoms with Gasteiger partial charge in [0, 0.05) is 12.6 Å². The lowest BCUT2D eigenvalue weighted by Crippen LogP contribution is -2.56. The van der Waals surface area contributed by atoms with Crippen LogP contribution in [0.15, 0.2) is 24.3 Å². The fraction of sp³-hybridized carbons (Fsp3) is 0.632. The van der Waals surface area contributed by atoms with Crippen LogP contribution in [0.1, 0.15) is 45.6 Å². The average molecular weight is 319 g/mol. The Labute approximate surface area is 137 Å². The molecule has 23 heavy (non-hydrogen) atoms. The Bertz CT molecular complexity index is 564. The van der Waals surface area contributed by atoms with Gasteiger partial charge in [0.1, 0.15) is 11.4 Å². The lowest BCUT2D eigenvalue weighted by molar-refractivity contribution is -0.0316. The minimum absolute atomic E-state index is 0.184. The van der Waals surface area contributed by atoms with Crippen LogP contribution in [-0.2, 0) is 11.2 Å². The third kappa shape index (κ3) is 3.85. The number of nitrogens with zero attached hydrogens (tertiary/aromatic N) is 1. The number of carbonyl (C=O) groups is 1. The van der Waals surface area contributed by atoms with Gasteiger partial charge < -0.3 is 9.64 Å². The van der Waals surface area contributed by atoms with Crippen LogP contribution >= 0.6 is 0 Å². The summed E-state index contributed by atoms with van der Waals surface area (Å²) >= 11 is 0. The van der Waals surface area contributed by atoms with Gasteiger partial charge in [0.05, 0.1) is 0 Å². The van der Waals surface area contributed by atoms with Crippen LogP contribution in [-0.4, -0.2) is 29.2 Å². The van der Waals surface area contributed by atoms with Gasteiger partial charge in [-0.2, -0.15) is 0 Å². The van der Waals surface area contributed by atoms with Crippen LogP contribution in [0.4, 0.5) is 9.18 Å². The maximum Gasteiger partial charge on any atom is 0.410 e. The molecule has 2 aliphatic heterocycles. The zero-order valence-corrected chi connectivity index (χ0v) is 14.2. The summed E-state index contributed by atoms with van der Waals surface area (Å²) < 4.78 is 18.7. The van der Waals surface area contributed by atoms with Gasteiger partial charge in [-0.05, 0) is 76.0 Å². The topological polar surface area (TPSA) is 29.5 Å². The van der Waals surface area contributed by atoms with Crippen molar-refractivity contribution in [1.29, 1.82) is 0 Å². The van der Waals surface area contributed by atoms with Crippen molar-refractivity contribution in [3.8, 4) is 0 Å². The molecule has 3 atom stereocenters. The number of rotatable bonds is 2. The Kier molecular flexibility index (Phi) is 4.35. The van der Waals surface area contributed by atoms with E-state index < -0.39 is 5.60 Å². The predicted molar refractivity (Wildman–Crippen MR) is 87.7 cm³/mol. The van der Waals surface area contributed by atoms with Crippen molar-refractivity contribution in [3.63, 3.8) is 0 Å². The number of fused-ring (bicyclic) bond motifs is 3. The molecule has 1 amide bonds.